The fourth-order valence-corrected chi connectivity index (χ4v) is 3.30. The zero-order valence-corrected chi connectivity index (χ0v) is 14.5. The highest BCUT2D eigenvalue weighted by Gasteiger charge is 2.20. The Labute approximate surface area is 149 Å². The lowest BCUT2D eigenvalue weighted by molar-refractivity contribution is 0.714. The van der Waals surface area contributed by atoms with Crippen molar-refractivity contribution in [3.63, 3.8) is 0 Å². The molecule has 0 aliphatic carbocycles. The Morgan fingerprint density at radius 2 is 1.62 bits per heavy atom. The normalized spacial score (nSPS) is 11.2. The molecule has 4 aromatic rings. The first-order valence-corrected chi connectivity index (χ1v) is 8.21. The van der Waals surface area contributed by atoms with E-state index in [-0.39, 0.29) is 11.2 Å². The topological polar surface area (TPSA) is 75.0 Å². The molecular weight excluding hydrogens is 328 g/mol. The van der Waals surface area contributed by atoms with E-state index >= 15 is 0 Å². The summed E-state index contributed by atoms with van der Waals surface area (Å²) in [6, 6.07) is 17.1. The number of fused-ring (bicyclic) bond motifs is 1. The summed E-state index contributed by atoms with van der Waals surface area (Å²) in [4.78, 5) is 25.3. The molecule has 0 atom stereocenters. The average molecular weight is 346 g/mol. The lowest BCUT2D eigenvalue weighted by Gasteiger charge is -2.10. The molecule has 2 N–H and O–H groups in total. The molecule has 0 unspecified atom stereocenters. The van der Waals surface area contributed by atoms with E-state index in [1.165, 1.54) is 11.6 Å². The smallest absolute Gasteiger partial charge is 0.330 e. The first kappa shape index (κ1) is 16.0. The van der Waals surface area contributed by atoms with Gasteiger partial charge in [0.15, 0.2) is 0 Å². The van der Waals surface area contributed by atoms with Gasteiger partial charge in [0.25, 0.3) is 5.56 Å². The number of anilines is 1. The number of hydrogen-bond donors (Lipinski definition) is 1. The van der Waals surface area contributed by atoms with E-state index in [1.807, 2.05) is 65.4 Å². The summed E-state index contributed by atoms with van der Waals surface area (Å²) >= 11 is 0. The van der Waals surface area contributed by atoms with Crippen LogP contribution in [-0.4, -0.2) is 13.7 Å². The van der Waals surface area contributed by atoms with Crippen molar-refractivity contribution >= 4 is 16.6 Å². The summed E-state index contributed by atoms with van der Waals surface area (Å²) in [6.07, 6.45) is 1.81. The van der Waals surface area contributed by atoms with E-state index in [1.54, 1.807) is 7.05 Å². The molecule has 0 amide bonds. The number of nitrogens with zero attached hydrogens (tertiary/aromatic N) is 3. The Balaban J connectivity index is 2.23. The SMILES string of the molecule is Cn1c(=O)c2c(-c3ccccc3)n(-c3cccc(N)c3)cc2n(C)c1=O. The number of aryl methyl sites for hydroxylation is 1. The van der Waals surface area contributed by atoms with Gasteiger partial charge in [-0.3, -0.25) is 13.9 Å². The minimum Gasteiger partial charge on any atom is -0.399 e. The van der Waals surface area contributed by atoms with Crippen molar-refractivity contribution < 1.29 is 0 Å². The van der Waals surface area contributed by atoms with Gasteiger partial charge in [0, 0.05) is 31.7 Å². The molecule has 130 valence electrons. The average Bonchev–Trinajstić information content (AvgIpc) is 3.06. The number of aromatic nitrogens is 3. The quantitative estimate of drug-likeness (QED) is 0.566. The lowest BCUT2D eigenvalue weighted by Crippen LogP contribution is -2.36. The highest BCUT2D eigenvalue weighted by atomic mass is 16.2. The number of hydrogen-bond acceptors (Lipinski definition) is 3. The van der Waals surface area contributed by atoms with Gasteiger partial charge in [-0.25, -0.2) is 4.79 Å². The maximum Gasteiger partial charge on any atom is 0.330 e. The third-order valence-corrected chi connectivity index (χ3v) is 4.63. The number of rotatable bonds is 2. The van der Waals surface area contributed by atoms with E-state index in [9.17, 15) is 9.59 Å². The Hall–Kier alpha value is -3.54. The van der Waals surface area contributed by atoms with Gasteiger partial charge in [-0.05, 0) is 23.8 Å². The molecule has 0 aliphatic heterocycles. The van der Waals surface area contributed by atoms with E-state index in [0.29, 0.717) is 16.6 Å². The molecule has 0 fully saturated rings. The third-order valence-electron chi connectivity index (χ3n) is 4.63. The van der Waals surface area contributed by atoms with Gasteiger partial charge in [0.2, 0.25) is 0 Å². The molecule has 0 saturated carbocycles. The molecule has 0 saturated heterocycles. The summed E-state index contributed by atoms with van der Waals surface area (Å²) in [6.45, 7) is 0. The summed E-state index contributed by atoms with van der Waals surface area (Å²) < 4.78 is 4.54. The maximum absolute atomic E-state index is 12.9. The van der Waals surface area contributed by atoms with Crippen LogP contribution in [-0.2, 0) is 14.1 Å². The minimum absolute atomic E-state index is 0.315. The van der Waals surface area contributed by atoms with Crippen LogP contribution in [0, 0.1) is 0 Å². The van der Waals surface area contributed by atoms with Crippen molar-refractivity contribution in [1.82, 2.24) is 13.7 Å². The molecule has 0 spiro atoms. The summed E-state index contributed by atoms with van der Waals surface area (Å²) in [5, 5.41) is 0.503. The molecule has 0 aliphatic rings. The molecule has 0 radical (unpaired) electrons. The van der Waals surface area contributed by atoms with Crippen molar-refractivity contribution in [2.45, 2.75) is 0 Å². The van der Waals surface area contributed by atoms with Crippen molar-refractivity contribution in [2.75, 3.05) is 5.73 Å². The predicted octanol–water partition coefficient (Wildman–Crippen LogP) is 2.28. The molecule has 2 aromatic carbocycles. The molecule has 26 heavy (non-hydrogen) atoms. The monoisotopic (exact) mass is 346 g/mol. The lowest BCUT2D eigenvalue weighted by atomic mass is 10.1. The number of benzene rings is 2. The standard InChI is InChI=1S/C20H18N4O2/c1-22-16-12-24(15-10-6-9-14(21)11-15)18(13-7-4-3-5-8-13)17(16)19(25)23(2)20(22)26/h3-12H,21H2,1-2H3. The second-order valence-electron chi connectivity index (χ2n) is 6.27. The molecule has 6 heteroatoms. The number of nitrogens with two attached hydrogens (primary N) is 1. The molecule has 0 bridgehead atoms. The Morgan fingerprint density at radius 1 is 0.885 bits per heavy atom. The highest BCUT2D eigenvalue weighted by molar-refractivity contribution is 5.94. The summed E-state index contributed by atoms with van der Waals surface area (Å²) in [7, 11) is 3.17. The van der Waals surface area contributed by atoms with Crippen LogP contribution < -0.4 is 17.0 Å². The van der Waals surface area contributed by atoms with E-state index in [0.717, 1.165) is 21.5 Å². The van der Waals surface area contributed by atoms with Crippen molar-refractivity contribution in [3.8, 4) is 16.9 Å². The van der Waals surface area contributed by atoms with Crippen molar-refractivity contribution in [2.24, 2.45) is 14.1 Å². The van der Waals surface area contributed by atoms with E-state index in [4.69, 9.17) is 5.73 Å². The van der Waals surface area contributed by atoms with Gasteiger partial charge in [-0.1, -0.05) is 36.4 Å². The van der Waals surface area contributed by atoms with Crippen molar-refractivity contribution in [3.05, 3.63) is 81.6 Å². The zero-order chi connectivity index (χ0) is 18.4. The van der Waals surface area contributed by atoms with Gasteiger partial charge >= 0.3 is 5.69 Å². The van der Waals surface area contributed by atoms with E-state index < -0.39 is 0 Å². The Kier molecular flexibility index (Phi) is 3.54. The fraction of sp³-hybridized carbons (Fsp3) is 0.100. The van der Waals surface area contributed by atoms with Gasteiger partial charge in [0.05, 0.1) is 16.6 Å². The molecule has 6 nitrogen and oxygen atoms in total. The summed E-state index contributed by atoms with van der Waals surface area (Å²) in [5.41, 5.74) is 8.95. The van der Waals surface area contributed by atoms with Crippen LogP contribution in [0.3, 0.4) is 0 Å². The van der Waals surface area contributed by atoms with Crippen LogP contribution in [0.5, 0.6) is 0 Å². The van der Waals surface area contributed by atoms with Crippen LogP contribution in [0.15, 0.2) is 70.4 Å². The molecule has 4 rings (SSSR count). The van der Waals surface area contributed by atoms with Gasteiger partial charge in [-0.15, -0.1) is 0 Å². The second kappa shape index (κ2) is 5.77. The molecular formula is C20H18N4O2. The van der Waals surface area contributed by atoms with Gasteiger partial charge < -0.3 is 10.3 Å². The largest absolute Gasteiger partial charge is 0.399 e. The van der Waals surface area contributed by atoms with Crippen LogP contribution in [0.2, 0.25) is 0 Å². The van der Waals surface area contributed by atoms with Crippen LogP contribution >= 0.6 is 0 Å². The molecule has 2 heterocycles. The maximum atomic E-state index is 12.9. The predicted molar refractivity (Wildman–Crippen MR) is 104 cm³/mol. The Bertz CT molecular complexity index is 1250. The Morgan fingerprint density at radius 3 is 2.31 bits per heavy atom. The van der Waals surface area contributed by atoms with Gasteiger partial charge in [0.1, 0.15) is 0 Å². The van der Waals surface area contributed by atoms with Crippen LogP contribution in [0.1, 0.15) is 0 Å². The first-order chi connectivity index (χ1) is 12.5. The van der Waals surface area contributed by atoms with Crippen LogP contribution in [0.4, 0.5) is 5.69 Å². The van der Waals surface area contributed by atoms with E-state index in [2.05, 4.69) is 0 Å². The minimum atomic E-state index is -0.355. The van der Waals surface area contributed by atoms with Gasteiger partial charge in [-0.2, -0.15) is 0 Å². The number of nitrogen functional groups attached to an aromatic ring is 1. The zero-order valence-electron chi connectivity index (χ0n) is 14.5. The first-order valence-electron chi connectivity index (χ1n) is 8.21. The van der Waals surface area contributed by atoms with Crippen molar-refractivity contribution in [1.29, 1.82) is 0 Å². The second-order valence-corrected chi connectivity index (χ2v) is 6.27. The molecule has 2 aromatic heterocycles. The fourth-order valence-electron chi connectivity index (χ4n) is 3.30. The highest BCUT2D eigenvalue weighted by Crippen LogP contribution is 2.31. The van der Waals surface area contributed by atoms with Crippen LogP contribution in [0.25, 0.3) is 27.8 Å². The third kappa shape index (κ3) is 2.27. The summed E-state index contributed by atoms with van der Waals surface area (Å²) in [5.74, 6) is 0.